The van der Waals surface area contributed by atoms with Crippen LogP contribution in [0.15, 0.2) is 48.5 Å². The van der Waals surface area contributed by atoms with Gasteiger partial charge in [-0.05, 0) is 23.3 Å². The van der Waals surface area contributed by atoms with Crippen LogP contribution in [0.3, 0.4) is 0 Å². The van der Waals surface area contributed by atoms with Crippen LogP contribution in [-0.2, 0) is 11.3 Å². The Labute approximate surface area is 166 Å². The van der Waals surface area contributed by atoms with Gasteiger partial charge in [0, 0.05) is 51.3 Å². The second kappa shape index (κ2) is 9.57. The number of hydrogen-bond donors (Lipinski definition) is 1. The molecule has 3 rings (SSSR count). The molecule has 2 aromatic rings. The van der Waals surface area contributed by atoms with E-state index in [9.17, 15) is 4.79 Å². The van der Waals surface area contributed by atoms with Gasteiger partial charge in [0.15, 0.2) is 0 Å². The Morgan fingerprint density at radius 2 is 1.61 bits per heavy atom. The van der Waals surface area contributed by atoms with E-state index in [0.29, 0.717) is 6.42 Å². The number of carbonyl (C=O) groups excluding carboxylic acids is 1. The Morgan fingerprint density at radius 3 is 2.18 bits per heavy atom. The van der Waals surface area contributed by atoms with Gasteiger partial charge in [-0.2, -0.15) is 0 Å². The molecule has 0 radical (unpaired) electrons. The topological polar surface area (TPSA) is 68.0 Å². The zero-order chi connectivity index (χ0) is 19.9. The van der Waals surface area contributed by atoms with Crippen LogP contribution in [0.1, 0.15) is 23.6 Å². The predicted octanol–water partition coefficient (Wildman–Crippen LogP) is 2.44. The SMILES string of the molecule is COc1cc(CN2CCN(C(=O)CC(N)c3ccccc3)CC2)cc(OC)c1. The maximum atomic E-state index is 12.6. The minimum atomic E-state index is -0.254. The average molecular weight is 383 g/mol. The zero-order valence-corrected chi connectivity index (χ0v) is 16.6. The first-order valence-corrected chi connectivity index (χ1v) is 9.61. The number of nitrogens with two attached hydrogens (primary N) is 1. The molecule has 1 amide bonds. The van der Waals surface area contributed by atoms with E-state index in [-0.39, 0.29) is 11.9 Å². The van der Waals surface area contributed by atoms with Crippen molar-refractivity contribution in [3.05, 3.63) is 59.7 Å². The van der Waals surface area contributed by atoms with Crippen LogP contribution in [0, 0.1) is 0 Å². The van der Waals surface area contributed by atoms with Crippen LogP contribution in [0.25, 0.3) is 0 Å². The van der Waals surface area contributed by atoms with Crippen molar-refractivity contribution in [2.45, 2.75) is 19.0 Å². The fourth-order valence-corrected chi connectivity index (χ4v) is 3.51. The summed E-state index contributed by atoms with van der Waals surface area (Å²) in [5.74, 6) is 1.70. The summed E-state index contributed by atoms with van der Waals surface area (Å²) in [5.41, 5.74) is 8.35. The number of methoxy groups -OCH3 is 2. The molecule has 1 heterocycles. The molecule has 1 atom stereocenters. The zero-order valence-electron chi connectivity index (χ0n) is 16.6. The number of benzene rings is 2. The fourth-order valence-electron chi connectivity index (χ4n) is 3.51. The third-order valence-electron chi connectivity index (χ3n) is 5.16. The van der Waals surface area contributed by atoms with Gasteiger partial charge in [0.1, 0.15) is 11.5 Å². The third-order valence-corrected chi connectivity index (χ3v) is 5.16. The minimum Gasteiger partial charge on any atom is -0.497 e. The van der Waals surface area contributed by atoms with Crippen LogP contribution in [0.5, 0.6) is 11.5 Å². The standard InChI is InChI=1S/C22H29N3O3/c1-27-19-12-17(13-20(14-19)28-2)16-24-8-10-25(11-9-24)22(26)15-21(23)18-6-4-3-5-7-18/h3-7,12-14,21H,8-11,15-16,23H2,1-2H3. The van der Waals surface area contributed by atoms with Crippen molar-refractivity contribution in [1.82, 2.24) is 9.80 Å². The van der Waals surface area contributed by atoms with Gasteiger partial charge < -0.3 is 20.1 Å². The molecule has 0 bridgehead atoms. The molecule has 0 saturated carbocycles. The van der Waals surface area contributed by atoms with Gasteiger partial charge in [0.05, 0.1) is 14.2 Å². The van der Waals surface area contributed by atoms with E-state index in [1.54, 1.807) is 14.2 Å². The van der Waals surface area contributed by atoms with Gasteiger partial charge in [-0.1, -0.05) is 30.3 Å². The number of amides is 1. The summed E-state index contributed by atoms with van der Waals surface area (Å²) in [7, 11) is 3.31. The summed E-state index contributed by atoms with van der Waals surface area (Å²) in [6.45, 7) is 3.93. The minimum absolute atomic E-state index is 0.124. The van der Waals surface area contributed by atoms with Gasteiger partial charge in [-0.25, -0.2) is 0 Å². The van der Waals surface area contributed by atoms with Crippen LogP contribution in [0.2, 0.25) is 0 Å². The summed E-state index contributed by atoms with van der Waals surface area (Å²) >= 11 is 0. The molecule has 2 N–H and O–H groups in total. The molecular formula is C22H29N3O3. The van der Waals surface area contributed by atoms with E-state index in [1.165, 1.54) is 0 Å². The molecule has 0 aliphatic carbocycles. The Hall–Kier alpha value is -2.57. The summed E-state index contributed by atoms with van der Waals surface area (Å²) in [5, 5.41) is 0. The van der Waals surface area contributed by atoms with Crippen LogP contribution in [0.4, 0.5) is 0 Å². The molecule has 2 aromatic carbocycles. The van der Waals surface area contributed by atoms with Gasteiger partial charge in [0.2, 0.25) is 5.91 Å². The van der Waals surface area contributed by atoms with Crippen LogP contribution < -0.4 is 15.2 Å². The second-order valence-corrected chi connectivity index (χ2v) is 7.10. The lowest BCUT2D eigenvalue weighted by Crippen LogP contribution is -2.48. The van der Waals surface area contributed by atoms with E-state index in [2.05, 4.69) is 4.90 Å². The first kappa shape index (κ1) is 20.2. The Balaban J connectivity index is 1.51. The Kier molecular flexibility index (Phi) is 6.90. The normalized spacial score (nSPS) is 15.9. The smallest absolute Gasteiger partial charge is 0.224 e. The van der Waals surface area contributed by atoms with Gasteiger partial charge >= 0.3 is 0 Å². The number of rotatable bonds is 7. The van der Waals surface area contributed by atoms with E-state index >= 15 is 0 Å². The molecule has 6 heteroatoms. The number of carbonyl (C=O) groups is 1. The molecule has 1 unspecified atom stereocenters. The molecule has 1 saturated heterocycles. The molecule has 6 nitrogen and oxygen atoms in total. The maximum absolute atomic E-state index is 12.6. The summed E-state index contributed by atoms with van der Waals surface area (Å²) in [6, 6.07) is 15.5. The average Bonchev–Trinajstić information content (AvgIpc) is 2.74. The number of ether oxygens (including phenoxy) is 2. The highest BCUT2D eigenvalue weighted by Crippen LogP contribution is 2.24. The predicted molar refractivity (Wildman–Crippen MR) is 109 cm³/mol. The van der Waals surface area contributed by atoms with Crippen LogP contribution >= 0.6 is 0 Å². The van der Waals surface area contributed by atoms with Crippen molar-refractivity contribution in [3.8, 4) is 11.5 Å². The molecule has 1 aliphatic rings. The largest absolute Gasteiger partial charge is 0.497 e. The maximum Gasteiger partial charge on any atom is 0.224 e. The van der Waals surface area contributed by atoms with Crippen LogP contribution in [-0.4, -0.2) is 56.1 Å². The first-order valence-electron chi connectivity index (χ1n) is 9.61. The quantitative estimate of drug-likeness (QED) is 0.795. The highest BCUT2D eigenvalue weighted by atomic mass is 16.5. The summed E-state index contributed by atoms with van der Waals surface area (Å²) in [6.07, 6.45) is 0.344. The Bertz CT molecular complexity index is 752. The fraction of sp³-hybridized carbons (Fsp3) is 0.409. The monoisotopic (exact) mass is 383 g/mol. The van der Waals surface area contributed by atoms with E-state index < -0.39 is 0 Å². The van der Waals surface area contributed by atoms with E-state index in [0.717, 1.165) is 55.3 Å². The Morgan fingerprint density at radius 1 is 1.00 bits per heavy atom. The molecular weight excluding hydrogens is 354 g/mol. The first-order chi connectivity index (χ1) is 13.6. The van der Waals surface area contributed by atoms with Crippen molar-refractivity contribution in [2.24, 2.45) is 5.73 Å². The molecule has 28 heavy (non-hydrogen) atoms. The van der Waals surface area contributed by atoms with Gasteiger partial charge in [-0.15, -0.1) is 0 Å². The highest BCUT2D eigenvalue weighted by Gasteiger charge is 2.23. The lowest BCUT2D eigenvalue weighted by Gasteiger charge is -2.35. The molecule has 1 aliphatic heterocycles. The second-order valence-electron chi connectivity index (χ2n) is 7.10. The van der Waals surface area contributed by atoms with Crippen molar-refractivity contribution in [2.75, 3.05) is 40.4 Å². The number of nitrogens with zero attached hydrogens (tertiary/aromatic N) is 2. The van der Waals surface area contributed by atoms with Crippen molar-refractivity contribution < 1.29 is 14.3 Å². The lowest BCUT2D eigenvalue weighted by molar-refractivity contribution is -0.133. The molecule has 0 aromatic heterocycles. The van der Waals surface area contributed by atoms with Gasteiger partial charge in [0.25, 0.3) is 0 Å². The van der Waals surface area contributed by atoms with Crippen molar-refractivity contribution in [3.63, 3.8) is 0 Å². The number of piperazine rings is 1. The third kappa shape index (κ3) is 5.24. The summed E-state index contributed by atoms with van der Waals surface area (Å²) in [4.78, 5) is 16.9. The molecule has 150 valence electrons. The summed E-state index contributed by atoms with van der Waals surface area (Å²) < 4.78 is 10.7. The van der Waals surface area contributed by atoms with E-state index in [4.69, 9.17) is 15.2 Å². The highest BCUT2D eigenvalue weighted by molar-refractivity contribution is 5.77. The molecule has 0 spiro atoms. The lowest BCUT2D eigenvalue weighted by atomic mass is 10.0. The van der Waals surface area contributed by atoms with Crippen molar-refractivity contribution >= 4 is 5.91 Å². The number of hydrogen-bond acceptors (Lipinski definition) is 5. The molecule has 1 fully saturated rings. The van der Waals surface area contributed by atoms with Crippen molar-refractivity contribution in [1.29, 1.82) is 0 Å². The van der Waals surface area contributed by atoms with E-state index in [1.807, 2.05) is 53.4 Å². The van der Waals surface area contributed by atoms with Gasteiger partial charge in [-0.3, -0.25) is 9.69 Å².